The summed E-state index contributed by atoms with van der Waals surface area (Å²) in [6.07, 6.45) is 0. The number of thiocarbonyl (C=S) groups is 1. The average Bonchev–Trinajstić information content (AvgIpc) is 3.00. The van der Waals surface area contributed by atoms with Crippen LogP contribution in [0.2, 0.25) is 0 Å². The van der Waals surface area contributed by atoms with Gasteiger partial charge < -0.3 is 19.8 Å². The van der Waals surface area contributed by atoms with E-state index in [1.807, 2.05) is 30.3 Å². The maximum atomic E-state index is 13.8. The summed E-state index contributed by atoms with van der Waals surface area (Å²) < 4.78 is 38.1. The second kappa shape index (κ2) is 6.85. The van der Waals surface area contributed by atoms with Gasteiger partial charge in [-0.05, 0) is 36.5 Å². The van der Waals surface area contributed by atoms with E-state index in [0.717, 1.165) is 28.5 Å². The molecule has 0 radical (unpaired) electrons. The number of para-hydroxylation sites is 1. The van der Waals surface area contributed by atoms with Gasteiger partial charge in [-0.25, -0.2) is 8.78 Å². The van der Waals surface area contributed by atoms with Crippen molar-refractivity contribution in [2.75, 3.05) is 17.7 Å². The first-order valence-corrected chi connectivity index (χ1v) is 8.48. The average molecular weight is 384 g/mol. The molecule has 0 saturated heterocycles. The first kappa shape index (κ1) is 17.2. The van der Waals surface area contributed by atoms with Gasteiger partial charge in [0.25, 0.3) is 0 Å². The van der Waals surface area contributed by atoms with Crippen molar-refractivity contribution in [3.05, 3.63) is 66.2 Å². The number of nitrogens with one attached hydrogen (secondary N) is 2. The number of hydrogen-bond donors (Lipinski definition) is 2. The van der Waals surface area contributed by atoms with Crippen molar-refractivity contribution in [3.8, 4) is 5.75 Å². The molecule has 0 fully saturated rings. The van der Waals surface area contributed by atoms with Crippen molar-refractivity contribution in [2.24, 2.45) is 0 Å². The van der Waals surface area contributed by atoms with Gasteiger partial charge in [0.05, 0.1) is 18.5 Å². The molecule has 1 heterocycles. The predicted molar refractivity (Wildman–Crippen MR) is 106 cm³/mol. The molecule has 3 aromatic carbocycles. The van der Waals surface area contributed by atoms with Crippen LogP contribution in [0.1, 0.15) is 0 Å². The fourth-order valence-corrected chi connectivity index (χ4v) is 3.10. The molecule has 0 aliphatic rings. The van der Waals surface area contributed by atoms with Crippen LogP contribution in [0.25, 0.3) is 21.9 Å². The molecule has 0 atom stereocenters. The van der Waals surface area contributed by atoms with E-state index < -0.39 is 11.6 Å². The summed E-state index contributed by atoms with van der Waals surface area (Å²) >= 11 is 5.24. The molecular formula is C20H14F2N2O2S. The van der Waals surface area contributed by atoms with Gasteiger partial charge >= 0.3 is 0 Å². The number of anilines is 2. The van der Waals surface area contributed by atoms with Gasteiger partial charge in [-0.15, -0.1) is 0 Å². The number of furan rings is 1. The number of hydrogen-bond acceptors (Lipinski definition) is 3. The summed E-state index contributed by atoms with van der Waals surface area (Å²) in [5.41, 5.74) is 2.05. The van der Waals surface area contributed by atoms with Gasteiger partial charge in [-0.3, -0.25) is 0 Å². The fraction of sp³-hybridized carbons (Fsp3) is 0.0500. The van der Waals surface area contributed by atoms with Crippen molar-refractivity contribution in [3.63, 3.8) is 0 Å². The summed E-state index contributed by atoms with van der Waals surface area (Å²) in [5.74, 6) is -0.842. The summed E-state index contributed by atoms with van der Waals surface area (Å²) in [7, 11) is 1.55. The maximum Gasteiger partial charge on any atom is 0.175 e. The maximum absolute atomic E-state index is 13.8. The molecule has 2 N–H and O–H groups in total. The number of methoxy groups -OCH3 is 1. The monoisotopic (exact) mass is 384 g/mol. The van der Waals surface area contributed by atoms with Crippen LogP contribution in [0, 0.1) is 11.6 Å². The topological polar surface area (TPSA) is 46.4 Å². The van der Waals surface area contributed by atoms with E-state index in [2.05, 4.69) is 10.6 Å². The number of halogens is 2. The van der Waals surface area contributed by atoms with Gasteiger partial charge in [-0.1, -0.05) is 18.2 Å². The molecule has 0 aliphatic carbocycles. The summed E-state index contributed by atoms with van der Waals surface area (Å²) in [4.78, 5) is 0. The van der Waals surface area contributed by atoms with Crippen molar-refractivity contribution in [1.82, 2.24) is 0 Å². The Hall–Kier alpha value is -3.19. The van der Waals surface area contributed by atoms with Gasteiger partial charge in [0.1, 0.15) is 28.5 Å². The van der Waals surface area contributed by atoms with Crippen molar-refractivity contribution < 1.29 is 17.9 Å². The van der Waals surface area contributed by atoms with E-state index in [-0.39, 0.29) is 10.8 Å². The molecule has 7 heteroatoms. The van der Waals surface area contributed by atoms with Crippen LogP contribution in [-0.4, -0.2) is 12.2 Å². The minimum atomic E-state index is -0.737. The van der Waals surface area contributed by atoms with Crippen LogP contribution in [0.15, 0.2) is 59.0 Å². The highest BCUT2D eigenvalue weighted by atomic mass is 32.1. The second-order valence-electron chi connectivity index (χ2n) is 5.85. The summed E-state index contributed by atoms with van der Waals surface area (Å²) in [6, 6.07) is 14.5. The van der Waals surface area contributed by atoms with Crippen molar-refractivity contribution >= 4 is 50.6 Å². The molecule has 4 aromatic rings. The first-order valence-electron chi connectivity index (χ1n) is 8.07. The highest BCUT2D eigenvalue weighted by Crippen LogP contribution is 2.36. The first-order chi connectivity index (χ1) is 13.0. The van der Waals surface area contributed by atoms with Crippen molar-refractivity contribution in [2.45, 2.75) is 0 Å². The molecule has 0 aliphatic heterocycles. The summed E-state index contributed by atoms with van der Waals surface area (Å²) in [5, 5.41) is 7.69. The third-order valence-corrected chi connectivity index (χ3v) is 4.33. The Morgan fingerprint density at radius 2 is 1.70 bits per heavy atom. The van der Waals surface area contributed by atoms with E-state index in [0.29, 0.717) is 17.0 Å². The molecule has 1 aromatic heterocycles. The molecule has 0 saturated carbocycles. The van der Waals surface area contributed by atoms with Crippen LogP contribution in [0.4, 0.5) is 20.2 Å². The Balaban J connectivity index is 1.66. The van der Waals surface area contributed by atoms with E-state index in [4.69, 9.17) is 21.4 Å². The lowest BCUT2D eigenvalue weighted by atomic mass is 10.1. The van der Waals surface area contributed by atoms with E-state index in [9.17, 15) is 8.78 Å². The Morgan fingerprint density at radius 3 is 2.48 bits per heavy atom. The zero-order valence-electron chi connectivity index (χ0n) is 14.2. The zero-order chi connectivity index (χ0) is 19.0. The quantitative estimate of drug-likeness (QED) is 0.445. The van der Waals surface area contributed by atoms with Gasteiger partial charge in [0, 0.05) is 22.9 Å². The molecule has 0 spiro atoms. The third-order valence-electron chi connectivity index (χ3n) is 4.13. The standard InChI is InChI=1S/C20H14F2N2O2S/c1-25-19-9-13-12-4-2-3-5-17(12)26-18(13)10-16(19)24-20(27)23-15-7-6-11(21)8-14(15)22/h2-10H,1H3,(H2,23,24,27). The molecule has 136 valence electrons. The minimum Gasteiger partial charge on any atom is -0.495 e. The van der Waals surface area contributed by atoms with Gasteiger partial charge in [-0.2, -0.15) is 0 Å². The Morgan fingerprint density at radius 1 is 0.926 bits per heavy atom. The Bertz CT molecular complexity index is 1170. The number of rotatable bonds is 3. The highest BCUT2D eigenvalue weighted by Gasteiger charge is 2.13. The number of benzene rings is 3. The minimum absolute atomic E-state index is 0.0673. The smallest absolute Gasteiger partial charge is 0.175 e. The number of fused-ring (bicyclic) bond motifs is 3. The molecule has 0 unspecified atom stereocenters. The SMILES string of the molecule is COc1cc2c(cc1NC(=S)Nc1ccc(F)cc1F)oc1ccccc12. The predicted octanol–water partition coefficient (Wildman–Crippen LogP) is 5.68. The third kappa shape index (κ3) is 3.29. The summed E-state index contributed by atoms with van der Waals surface area (Å²) in [6.45, 7) is 0. The lowest BCUT2D eigenvalue weighted by Crippen LogP contribution is -2.20. The number of ether oxygens (including phenoxy) is 1. The van der Waals surface area contributed by atoms with Gasteiger partial charge in [0.2, 0.25) is 0 Å². The van der Waals surface area contributed by atoms with E-state index in [1.165, 1.54) is 6.07 Å². The molecule has 4 rings (SSSR count). The van der Waals surface area contributed by atoms with Crippen LogP contribution >= 0.6 is 12.2 Å². The largest absolute Gasteiger partial charge is 0.495 e. The molecule has 27 heavy (non-hydrogen) atoms. The lowest BCUT2D eigenvalue weighted by molar-refractivity contribution is 0.417. The van der Waals surface area contributed by atoms with Crippen LogP contribution < -0.4 is 15.4 Å². The normalized spacial score (nSPS) is 10.9. The second-order valence-corrected chi connectivity index (χ2v) is 6.26. The zero-order valence-corrected chi connectivity index (χ0v) is 15.0. The molecule has 0 amide bonds. The van der Waals surface area contributed by atoms with Crippen LogP contribution in [-0.2, 0) is 0 Å². The Labute approximate surface area is 158 Å². The lowest BCUT2D eigenvalue weighted by Gasteiger charge is -2.14. The van der Waals surface area contributed by atoms with Crippen LogP contribution in [0.5, 0.6) is 5.75 Å². The van der Waals surface area contributed by atoms with E-state index >= 15 is 0 Å². The molecular weight excluding hydrogens is 370 g/mol. The van der Waals surface area contributed by atoms with E-state index in [1.54, 1.807) is 13.2 Å². The molecule has 4 nitrogen and oxygen atoms in total. The van der Waals surface area contributed by atoms with Gasteiger partial charge in [0.15, 0.2) is 5.11 Å². The van der Waals surface area contributed by atoms with Crippen molar-refractivity contribution in [1.29, 1.82) is 0 Å². The van der Waals surface area contributed by atoms with Crippen LogP contribution in [0.3, 0.4) is 0 Å². The molecule has 0 bridgehead atoms. The highest BCUT2D eigenvalue weighted by molar-refractivity contribution is 7.80. The Kier molecular flexibility index (Phi) is 4.37. The fourth-order valence-electron chi connectivity index (χ4n) is 2.88.